The number of aliphatic hydroxyl groups is 1. The summed E-state index contributed by atoms with van der Waals surface area (Å²) in [5.41, 5.74) is 1.00. The first kappa shape index (κ1) is 16.5. The monoisotopic (exact) mass is 357 g/mol. The number of hydrogen-bond donors (Lipinski definition) is 2. The number of hydrogen-bond acceptors (Lipinski definition) is 6. The highest BCUT2D eigenvalue weighted by atomic mass is 32.1. The van der Waals surface area contributed by atoms with Crippen LogP contribution in [0.25, 0.3) is 17.0 Å². The van der Waals surface area contributed by atoms with Crippen LogP contribution in [-0.4, -0.2) is 37.1 Å². The van der Waals surface area contributed by atoms with Gasteiger partial charge in [-0.1, -0.05) is 19.3 Å². The highest BCUT2D eigenvalue weighted by Gasteiger charge is 2.32. The normalized spacial score (nSPS) is 18.3. The second-order valence-electron chi connectivity index (χ2n) is 7.07. The van der Waals surface area contributed by atoms with Crippen molar-refractivity contribution >= 4 is 22.8 Å². The topological polar surface area (TPSA) is 75.3 Å². The molecule has 25 heavy (non-hydrogen) atoms. The van der Waals surface area contributed by atoms with Crippen LogP contribution < -0.4 is 5.32 Å². The minimum Gasteiger partial charge on any atom is -0.388 e. The van der Waals surface area contributed by atoms with E-state index in [1.165, 1.54) is 19.3 Å². The highest BCUT2D eigenvalue weighted by molar-refractivity contribution is 7.08. The predicted molar refractivity (Wildman–Crippen MR) is 99.8 cm³/mol. The van der Waals surface area contributed by atoms with Gasteiger partial charge in [0.15, 0.2) is 11.5 Å². The molecular weight excluding hydrogens is 334 g/mol. The van der Waals surface area contributed by atoms with E-state index in [9.17, 15) is 5.11 Å². The summed E-state index contributed by atoms with van der Waals surface area (Å²) in [5, 5.41) is 31.2. The van der Waals surface area contributed by atoms with E-state index in [0.29, 0.717) is 18.1 Å². The summed E-state index contributed by atoms with van der Waals surface area (Å²) in [6, 6.07) is 5.79. The van der Waals surface area contributed by atoms with Crippen LogP contribution >= 0.6 is 11.3 Å². The zero-order valence-corrected chi connectivity index (χ0v) is 15.2. The van der Waals surface area contributed by atoms with E-state index >= 15 is 0 Å². The van der Waals surface area contributed by atoms with E-state index in [-0.39, 0.29) is 0 Å². The van der Waals surface area contributed by atoms with E-state index in [2.05, 4.69) is 20.6 Å². The van der Waals surface area contributed by atoms with E-state index < -0.39 is 5.60 Å². The molecule has 1 saturated carbocycles. The van der Waals surface area contributed by atoms with Gasteiger partial charge in [0.25, 0.3) is 0 Å². The fourth-order valence-electron chi connectivity index (χ4n) is 3.59. The predicted octanol–water partition coefficient (Wildman–Crippen LogP) is 3.60. The van der Waals surface area contributed by atoms with Crippen molar-refractivity contribution in [2.75, 3.05) is 11.9 Å². The SMILES string of the molecule is CC(O)(CNc1ccc2nnc(-c3ccsc3)n2n1)C1CCCCC1. The second kappa shape index (κ2) is 6.72. The lowest BCUT2D eigenvalue weighted by atomic mass is 9.78. The molecule has 0 aromatic carbocycles. The second-order valence-corrected chi connectivity index (χ2v) is 7.85. The first-order valence-corrected chi connectivity index (χ1v) is 9.79. The van der Waals surface area contributed by atoms with Crippen molar-refractivity contribution in [1.82, 2.24) is 19.8 Å². The molecule has 0 amide bonds. The molecule has 0 saturated heterocycles. The van der Waals surface area contributed by atoms with Crippen LogP contribution in [0.2, 0.25) is 0 Å². The largest absolute Gasteiger partial charge is 0.388 e. The third-order valence-electron chi connectivity index (χ3n) is 5.15. The molecule has 1 fully saturated rings. The quantitative estimate of drug-likeness (QED) is 0.730. The third kappa shape index (κ3) is 3.39. The van der Waals surface area contributed by atoms with Crippen molar-refractivity contribution in [2.45, 2.75) is 44.6 Å². The maximum atomic E-state index is 10.9. The maximum Gasteiger partial charge on any atom is 0.186 e. The lowest BCUT2D eigenvalue weighted by Gasteiger charge is -2.35. The molecule has 1 unspecified atom stereocenters. The van der Waals surface area contributed by atoms with Gasteiger partial charge in [-0.25, -0.2) is 0 Å². The number of nitrogens with one attached hydrogen (secondary N) is 1. The van der Waals surface area contributed by atoms with Gasteiger partial charge in [-0.05, 0) is 49.3 Å². The molecule has 3 aromatic heterocycles. The van der Waals surface area contributed by atoms with Crippen LogP contribution in [0.3, 0.4) is 0 Å². The Morgan fingerprint density at radius 3 is 2.84 bits per heavy atom. The van der Waals surface area contributed by atoms with Crippen molar-refractivity contribution in [3.63, 3.8) is 0 Å². The Balaban J connectivity index is 1.52. The van der Waals surface area contributed by atoms with Crippen LogP contribution in [0, 0.1) is 5.92 Å². The Hall–Kier alpha value is -1.99. The van der Waals surface area contributed by atoms with Gasteiger partial charge in [0, 0.05) is 17.5 Å². The van der Waals surface area contributed by atoms with Crippen LogP contribution in [0.4, 0.5) is 5.82 Å². The minimum atomic E-state index is -0.722. The molecule has 0 radical (unpaired) electrons. The van der Waals surface area contributed by atoms with Gasteiger partial charge in [0.2, 0.25) is 0 Å². The molecule has 3 heterocycles. The molecule has 132 valence electrons. The maximum absolute atomic E-state index is 10.9. The van der Waals surface area contributed by atoms with E-state index in [4.69, 9.17) is 0 Å². The third-order valence-corrected chi connectivity index (χ3v) is 5.84. The number of thiophene rings is 1. The van der Waals surface area contributed by atoms with E-state index in [1.807, 2.05) is 35.9 Å². The average Bonchev–Trinajstić information content (AvgIpc) is 3.29. The van der Waals surface area contributed by atoms with Gasteiger partial charge < -0.3 is 10.4 Å². The minimum absolute atomic E-state index is 0.355. The molecule has 1 aliphatic carbocycles. The van der Waals surface area contributed by atoms with Gasteiger partial charge in [-0.3, -0.25) is 0 Å². The lowest BCUT2D eigenvalue weighted by molar-refractivity contribution is -0.00452. The van der Waals surface area contributed by atoms with Crippen molar-refractivity contribution in [3.8, 4) is 11.4 Å². The number of aromatic nitrogens is 4. The standard InChI is InChI=1S/C18H23N5OS/c1-18(24,14-5-3-2-4-6-14)12-19-15-7-8-16-20-21-17(23(16)22-15)13-9-10-25-11-13/h7-11,14,24H,2-6,12H2,1H3,(H,19,22). The van der Waals surface area contributed by atoms with Crippen molar-refractivity contribution in [2.24, 2.45) is 5.92 Å². The van der Waals surface area contributed by atoms with Crippen molar-refractivity contribution in [3.05, 3.63) is 29.0 Å². The zero-order chi connectivity index (χ0) is 17.3. The van der Waals surface area contributed by atoms with E-state index in [0.717, 1.165) is 30.0 Å². The molecule has 2 N–H and O–H groups in total. The molecule has 7 heteroatoms. The summed E-state index contributed by atoms with van der Waals surface area (Å²) in [4.78, 5) is 0. The Kier molecular flexibility index (Phi) is 4.43. The van der Waals surface area contributed by atoms with Gasteiger partial charge in [0.05, 0.1) is 5.60 Å². The number of fused-ring (bicyclic) bond motifs is 1. The summed E-state index contributed by atoms with van der Waals surface area (Å²) in [5.74, 6) is 1.81. The van der Waals surface area contributed by atoms with Gasteiger partial charge in [0.1, 0.15) is 5.82 Å². The fourth-order valence-corrected chi connectivity index (χ4v) is 4.23. The zero-order valence-electron chi connectivity index (χ0n) is 14.4. The Labute approximate surface area is 150 Å². The van der Waals surface area contributed by atoms with Gasteiger partial charge in [-0.2, -0.15) is 15.9 Å². The lowest BCUT2D eigenvalue weighted by Crippen LogP contribution is -2.42. The fraction of sp³-hybridized carbons (Fsp3) is 0.500. The Morgan fingerprint density at radius 1 is 1.24 bits per heavy atom. The summed E-state index contributed by atoms with van der Waals surface area (Å²) in [6.07, 6.45) is 5.94. The van der Waals surface area contributed by atoms with Crippen LogP contribution in [0.5, 0.6) is 0 Å². The molecule has 4 rings (SSSR count). The first-order valence-electron chi connectivity index (χ1n) is 8.85. The molecule has 0 spiro atoms. The molecule has 0 bridgehead atoms. The first-order chi connectivity index (χ1) is 12.1. The molecule has 1 aliphatic rings. The van der Waals surface area contributed by atoms with Crippen molar-refractivity contribution in [1.29, 1.82) is 0 Å². The molecule has 6 nitrogen and oxygen atoms in total. The Bertz CT molecular complexity index is 836. The molecule has 3 aromatic rings. The summed E-state index contributed by atoms with van der Waals surface area (Å²) in [6.45, 7) is 2.43. The molecule has 0 aliphatic heterocycles. The summed E-state index contributed by atoms with van der Waals surface area (Å²) >= 11 is 1.62. The van der Waals surface area contributed by atoms with Crippen LogP contribution in [-0.2, 0) is 0 Å². The summed E-state index contributed by atoms with van der Waals surface area (Å²) < 4.78 is 1.75. The highest BCUT2D eigenvalue weighted by Crippen LogP contribution is 2.32. The van der Waals surface area contributed by atoms with Crippen LogP contribution in [0.1, 0.15) is 39.0 Å². The smallest absolute Gasteiger partial charge is 0.186 e. The number of anilines is 1. The van der Waals surface area contributed by atoms with Gasteiger partial charge in [-0.15, -0.1) is 15.3 Å². The number of nitrogens with zero attached hydrogens (tertiary/aromatic N) is 4. The molecular formula is C18H23N5OS. The number of rotatable bonds is 5. The van der Waals surface area contributed by atoms with Crippen molar-refractivity contribution < 1.29 is 5.11 Å². The van der Waals surface area contributed by atoms with Gasteiger partial charge >= 0.3 is 0 Å². The van der Waals surface area contributed by atoms with E-state index in [1.54, 1.807) is 15.9 Å². The molecule has 1 atom stereocenters. The Morgan fingerprint density at radius 2 is 2.08 bits per heavy atom. The summed E-state index contributed by atoms with van der Waals surface area (Å²) in [7, 11) is 0. The average molecular weight is 357 g/mol. The van der Waals surface area contributed by atoms with Crippen LogP contribution in [0.15, 0.2) is 29.0 Å².